The second-order valence-corrected chi connectivity index (χ2v) is 8.49. The van der Waals surface area contributed by atoms with Crippen molar-refractivity contribution in [3.05, 3.63) is 60.7 Å². The largest absolute Gasteiger partial charge is 0.443 e. The van der Waals surface area contributed by atoms with Crippen LogP contribution in [0.15, 0.2) is 55.1 Å². The molecule has 1 amide bonds. The summed E-state index contributed by atoms with van der Waals surface area (Å²) in [6.07, 6.45) is -1.05. The summed E-state index contributed by atoms with van der Waals surface area (Å²) >= 11 is 0. The molecule has 0 spiro atoms. The first-order valence-electron chi connectivity index (χ1n) is 9.82. The van der Waals surface area contributed by atoms with E-state index >= 15 is 0 Å². The van der Waals surface area contributed by atoms with E-state index in [4.69, 9.17) is 13.8 Å². The lowest BCUT2D eigenvalue weighted by atomic mass is 10.0. The van der Waals surface area contributed by atoms with Crippen LogP contribution >= 0.6 is 7.60 Å². The molecule has 0 saturated carbocycles. The molecule has 0 radical (unpaired) electrons. The minimum atomic E-state index is -3.75. The molecule has 9 heteroatoms. The second kappa shape index (κ2) is 11.6. The molecule has 31 heavy (non-hydrogen) atoms. The van der Waals surface area contributed by atoms with Crippen LogP contribution in [-0.2, 0) is 27.9 Å². The highest BCUT2D eigenvalue weighted by molar-refractivity contribution is 7.54. The third-order valence-corrected chi connectivity index (χ3v) is 6.10. The Labute approximate surface area is 181 Å². The van der Waals surface area contributed by atoms with Gasteiger partial charge < -0.3 is 19.1 Å². The maximum absolute atomic E-state index is 13.1. The zero-order valence-corrected chi connectivity index (χ0v) is 18.4. The monoisotopic (exact) mass is 447 g/mol. The molecule has 0 fully saturated rings. The van der Waals surface area contributed by atoms with Crippen molar-refractivity contribution in [3.8, 4) is 0 Å². The number of amides is 1. The molecule has 2 aromatic carbocycles. The van der Waals surface area contributed by atoms with Gasteiger partial charge in [-0.3, -0.25) is 18.9 Å². The van der Waals surface area contributed by atoms with Crippen LogP contribution in [0, 0.1) is 0 Å². The molecule has 2 aromatic rings. The molecule has 0 aromatic heterocycles. The number of nitrogens with one attached hydrogen (secondary N) is 1. The van der Waals surface area contributed by atoms with E-state index in [2.05, 4.69) is 11.9 Å². The van der Waals surface area contributed by atoms with Crippen molar-refractivity contribution in [2.24, 2.45) is 0 Å². The van der Waals surface area contributed by atoms with Gasteiger partial charge in [-0.1, -0.05) is 42.5 Å². The van der Waals surface area contributed by atoms with Gasteiger partial charge >= 0.3 is 13.6 Å². The van der Waals surface area contributed by atoms with E-state index in [0.717, 1.165) is 10.8 Å². The van der Waals surface area contributed by atoms with Crippen LogP contribution in [0.2, 0.25) is 0 Å². The molecule has 166 valence electrons. The van der Waals surface area contributed by atoms with Gasteiger partial charge in [0.1, 0.15) is 6.16 Å². The Balaban J connectivity index is 2.27. The maximum Gasteiger partial charge on any atom is 0.341 e. The molecule has 2 rings (SSSR count). The number of rotatable bonds is 12. The fourth-order valence-corrected chi connectivity index (χ4v) is 4.27. The standard InChI is InChI=1S/C22H26NO7P/c1-4-13-23-22(26)21(30-19(24)15-31(27,28-5-2)29-6-3)20(25)18-12-11-16-9-7-8-10-17(16)14-18/h4,7-12,14,21H,1,5-6,13,15H2,2-3H3,(H,23,26). The summed E-state index contributed by atoms with van der Waals surface area (Å²) in [4.78, 5) is 38.0. The zero-order chi connectivity index (χ0) is 22.9. The van der Waals surface area contributed by atoms with E-state index in [0.29, 0.717) is 0 Å². The van der Waals surface area contributed by atoms with Gasteiger partial charge in [0.05, 0.1) is 13.2 Å². The summed E-state index contributed by atoms with van der Waals surface area (Å²) < 4.78 is 27.9. The summed E-state index contributed by atoms with van der Waals surface area (Å²) in [5, 5.41) is 4.16. The number of fused-ring (bicyclic) bond motifs is 1. The molecular formula is C22H26NO7P. The van der Waals surface area contributed by atoms with Gasteiger partial charge in [0, 0.05) is 12.1 Å². The minimum absolute atomic E-state index is 0.0594. The number of Topliss-reactive ketones (excluding diaryl/α,β-unsaturated/α-hetero) is 1. The highest BCUT2D eigenvalue weighted by Crippen LogP contribution is 2.47. The molecule has 0 aliphatic rings. The number of hydrogen-bond donors (Lipinski definition) is 1. The van der Waals surface area contributed by atoms with Crippen LogP contribution in [0.3, 0.4) is 0 Å². The van der Waals surface area contributed by atoms with E-state index in [-0.39, 0.29) is 25.3 Å². The van der Waals surface area contributed by atoms with Crippen LogP contribution < -0.4 is 5.32 Å². The first-order valence-corrected chi connectivity index (χ1v) is 11.6. The van der Waals surface area contributed by atoms with Crippen molar-refractivity contribution in [1.82, 2.24) is 5.32 Å². The fourth-order valence-electron chi connectivity index (χ4n) is 2.83. The van der Waals surface area contributed by atoms with Crippen molar-refractivity contribution in [3.63, 3.8) is 0 Å². The van der Waals surface area contributed by atoms with Gasteiger partial charge in [-0.15, -0.1) is 6.58 Å². The number of ether oxygens (including phenoxy) is 1. The molecule has 1 unspecified atom stereocenters. The second-order valence-electron chi connectivity index (χ2n) is 6.43. The lowest BCUT2D eigenvalue weighted by molar-refractivity contribution is -0.150. The summed E-state index contributed by atoms with van der Waals surface area (Å²) in [7, 11) is -3.75. The van der Waals surface area contributed by atoms with Gasteiger partial charge in [-0.25, -0.2) is 0 Å². The lowest BCUT2D eigenvalue weighted by Gasteiger charge is -2.19. The van der Waals surface area contributed by atoms with E-state index in [1.165, 1.54) is 6.08 Å². The molecule has 0 aliphatic carbocycles. The molecule has 0 aliphatic heterocycles. The van der Waals surface area contributed by atoms with E-state index in [1.807, 2.05) is 24.3 Å². The third-order valence-electron chi connectivity index (χ3n) is 4.15. The van der Waals surface area contributed by atoms with Crippen LogP contribution in [0.4, 0.5) is 0 Å². The SMILES string of the molecule is C=CCNC(=O)C(OC(=O)CP(=O)(OCC)OCC)C(=O)c1ccc2ccccc2c1. The normalized spacial score (nSPS) is 12.2. The minimum Gasteiger partial charge on any atom is -0.443 e. The highest BCUT2D eigenvalue weighted by Gasteiger charge is 2.35. The van der Waals surface area contributed by atoms with Crippen molar-refractivity contribution >= 4 is 36.0 Å². The van der Waals surface area contributed by atoms with Gasteiger partial charge in [0.2, 0.25) is 11.9 Å². The van der Waals surface area contributed by atoms with E-state index in [9.17, 15) is 18.9 Å². The van der Waals surface area contributed by atoms with Crippen LogP contribution in [0.5, 0.6) is 0 Å². The Kier molecular flexibility index (Phi) is 9.12. The van der Waals surface area contributed by atoms with Gasteiger partial charge in [0.25, 0.3) is 5.91 Å². The predicted octanol–water partition coefficient (Wildman–Crippen LogP) is 3.50. The van der Waals surface area contributed by atoms with Crippen LogP contribution in [-0.4, -0.2) is 49.7 Å². The highest BCUT2D eigenvalue weighted by atomic mass is 31.2. The first kappa shape index (κ1) is 24.5. The first-order chi connectivity index (χ1) is 14.8. The molecule has 0 saturated heterocycles. The molecule has 1 atom stereocenters. The third kappa shape index (κ3) is 6.85. The van der Waals surface area contributed by atoms with Crippen LogP contribution in [0.1, 0.15) is 24.2 Å². The van der Waals surface area contributed by atoms with Crippen LogP contribution in [0.25, 0.3) is 10.8 Å². The average molecular weight is 447 g/mol. The summed E-state index contributed by atoms with van der Waals surface area (Å²) in [6, 6.07) is 12.3. The molecule has 0 heterocycles. The summed E-state index contributed by atoms with van der Waals surface area (Å²) in [6.45, 7) is 6.90. The summed E-state index contributed by atoms with van der Waals surface area (Å²) in [5.41, 5.74) is 0.197. The number of benzene rings is 2. The van der Waals surface area contributed by atoms with Gasteiger partial charge in [-0.05, 0) is 30.7 Å². The molecule has 1 N–H and O–H groups in total. The van der Waals surface area contributed by atoms with Crippen molar-refractivity contribution in [2.45, 2.75) is 20.0 Å². The Morgan fingerprint density at radius 3 is 2.32 bits per heavy atom. The topological polar surface area (TPSA) is 108 Å². The Hall–Kier alpha value is -2.80. The Morgan fingerprint density at radius 2 is 1.71 bits per heavy atom. The molecule has 0 bridgehead atoms. The maximum atomic E-state index is 13.1. The number of carbonyl (C=O) groups is 3. The Morgan fingerprint density at radius 1 is 1.06 bits per heavy atom. The number of hydrogen-bond acceptors (Lipinski definition) is 7. The average Bonchev–Trinajstić information content (AvgIpc) is 2.75. The smallest absolute Gasteiger partial charge is 0.341 e. The van der Waals surface area contributed by atoms with Crippen molar-refractivity contribution in [2.75, 3.05) is 25.9 Å². The Bertz CT molecular complexity index is 994. The quantitative estimate of drug-likeness (QED) is 0.174. The summed E-state index contributed by atoms with van der Waals surface area (Å²) in [5.74, 6) is -2.56. The fraction of sp³-hybridized carbons (Fsp3) is 0.318. The number of carbonyl (C=O) groups excluding carboxylic acids is 3. The predicted molar refractivity (Wildman–Crippen MR) is 117 cm³/mol. The molecule has 8 nitrogen and oxygen atoms in total. The van der Waals surface area contributed by atoms with Crippen molar-refractivity contribution < 1.29 is 32.7 Å². The van der Waals surface area contributed by atoms with E-state index < -0.39 is 37.5 Å². The van der Waals surface area contributed by atoms with E-state index in [1.54, 1.807) is 32.0 Å². The van der Waals surface area contributed by atoms with Crippen molar-refractivity contribution in [1.29, 1.82) is 0 Å². The lowest BCUT2D eigenvalue weighted by Crippen LogP contribution is -2.43. The zero-order valence-electron chi connectivity index (χ0n) is 17.5. The molecular weight excluding hydrogens is 421 g/mol. The van der Waals surface area contributed by atoms with Gasteiger partial charge in [-0.2, -0.15) is 0 Å². The van der Waals surface area contributed by atoms with Gasteiger partial charge in [0.15, 0.2) is 0 Å². The number of ketones is 1. The number of esters is 1.